The standard InChI is InChI=1S/C15H19F2N3O/c1-4-9(2)13-12(14(18)20(3)19-13)10-5-7-11(8-6-10)21-15(16)17/h5-9,15H,4,18H2,1-3H3. The summed E-state index contributed by atoms with van der Waals surface area (Å²) in [6, 6.07) is 6.45. The summed E-state index contributed by atoms with van der Waals surface area (Å²) in [5.41, 5.74) is 8.71. The van der Waals surface area contributed by atoms with Gasteiger partial charge in [-0.15, -0.1) is 0 Å². The largest absolute Gasteiger partial charge is 0.435 e. The summed E-state index contributed by atoms with van der Waals surface area (Å²) < 4.78 is 30.3. The maximum Gasteiger partial charge on any atom is 0.387 e. The molecule has 0 bridgehead atoms. The fraction of sp³-hybridized carbons (Fsp3) is 0.400. The molecule has 1 atom stereocenters. The molecule has 1 heterocycles. The highest BCUT2D eigenvalue weighted by atomic mass is 19.3. The van der Waals surface area contributed by atoms with Gasteiger partial charge in [0.1, 0.15) is 11.6 Å². The van der Waals surface area contributed by atoms with Gasteiger partial charge >= 0.3 is 6.61 Å². The van der Waals surface area contributed by atoms with Crippen LogP contribution in [0.5, 0.6) is 5.75 Å². The van der Waals surface area contributed by atoms with E-state index in [0.717, 1.165) is 23.2 Å². The summed E-state index contributed by atoms with van der Waals surface area (Å²) in [7, 11) is 1.79. The van der Waals surface area contributed by atoms with Crippen LogP contribution in [0.25, 0.3) is 11.1 Å². The molecule has 0 fully saturated rings. The van der Waals surface area contributed by atoms with Gasteiger partial charge in [-0.2, -0.15) is 13.9 Å². The number of anilines is 1. The van der Waals surface area contributed by atoms with E-state index in [0.29, 0.717) is 5.82 Å². The van der Waals surface area contributed by atoms with Crippen molar-refractivity contribution in [2.45, 2.75) is 32.8 Å². The normalized spacial score (nSPS) is 12.7. The highest BCUT2D eigenvalue weighted by Gasteiger charge is 2.19. The molecule has 0 aliphatic carbocycles. The second kappa shape index (κ2) is 6.11. The van der Waals surface area contributed by atoms with Gasteiger partial charge in [0.25, 0.3) is 0 Å². The smallest absolute Gasteiger partial charge is 0.387 e. The summed E-state index contributed by atoms with van der Waals surface area (Å²) in [5.74, 6) is 0.953. The molecule has 0 amide bonds. The molecule has 1 unspecified atom stereocenters. The second-order valence-corrected chi connectivity index (χ2v) is 4.98. The van der Waals surface area contributed by atoms with E-state index in [4.69, 9.17) is 5.73 Å². The molecule has 1 aromatic heterocycles. The Morgan fingerprint density at radius 2 is 1.90 bits per heavy atom. The van der Waals surface area contributed by atoms with Crippen molar-refractivity contribution in [1.29, 1.82) is 0 Å². The van der Waals surface area contributed by atoms with Gasteiger partial charge in [-0.1, -0.05) is 26.0 Å². The fourth-order valence-corrected chi connectivity index (χ4v) is 2.20. The number of rotatable bonds is 5. The van der Waals surface area contributed by atoms with Gasteiger partial charge in [-0.25, -0.2) is 0 Å². The van der Waals surface area contributed by atoms with Crippen molar-refractivity contribution in [3.05, 3.63) is 30.0 Å². The van der Waals surface area contributed by atoms with E-state index in [1.165, 1.54) is 12.1 Å². The molecular weight excluding hydrogens is 276 g/mol. The number of aryl methyl sites for hydroxylation is 1. The third-order valence-corrected chi connectivity index (χ3v) is 3.57. The molecule has 0 aliphatic heterocycles. The molecule has 0 aliphatic rings. The lowest BCUT2D eigenvalue weighted by atomic mass is 9.96. The first-order chi connectivity index (χ1) is 9.93. The first-order valence-corrected chi connectivity index (χ1v) is 6.81. The fourth-order valence-electron chi connectivity index (χ4n) is 2.20. The monoisotopic (exact) mass is 295 g/mol. The van der Waals surface area contributed by atoms with E-state index in [9.17, 15) is 8.78 Å². The van der Waals surface area contributed by atoms with E-state index < -0.39 is 6.61 Å². The molecule has 21 heavy (non-hydrogen) atoms. The molecule has 0 saturated carbocycles. The lowest BCUT2D eigenvalue weighted by Gasteiger charge is -2.10. The molecule has 2 aromatic rings. The number of hydrogen-bond acceptors (Lipinski definition) is 3. The van der Waals surface area contributed by atoms with Gasteiger partial charge in [-0.05, 0) is 24.1 Å². The van der Waals surface area contributed by atoms with Crippen molar-refractivity contribution < 1.29 is 13.5 Å². The second-order valence-electron chi connectivity index (χ2n) is 4.98. The molecule has 2 rings (SSSR count). The summed E-state index contributed by atoms with van der Waals surface area (Å²) in [6.07, 6.45) is 0.941. The van der Waals surface area contributed by atoms with Crippen molar-refractivity contribution in [3.8, 4) is 16.9 Å². The van der Waals surface area contributed by atoms with Crippen LogP contribution in [0.3, 0.4) is 0 Å². The molecule has 4 nitrogen and oxygen atoms in total. The van der Waals surface area contributed by atoms with Gasteiger partial charge in [0.2, 0.25) is 0 Å². The van der Waals surface area contributed by atoms with Crippen LogP contribution in [0.4, 0.5) is 14.6 Å². The minimum absolute atomic E-state index is 0.126. The average Bonchev–Trinajstić information content (AvgIpc) is 2.74. The van der Waals surface area contributed by atoms with E-state index in [1.807, 2.05) is 0 Å². The van der Waals surface area contributed by atoms with E-state index in [1.54, 1.807) is 23.9 Å². The number of benzene rings is 1. The predicted octanol–water partition coefficient (Wildman–Crippen LogP) is 3.78. The van der Waals surface area contributed by atoms with Crippen LogP contribution in [0.1, 0.15) is 31.9 Å². The number of aromatic nitrogens is 2. The number of hydrogen-bond donors (Lipinski definition) is 1. The SMILES string of the molecule is CCC(C)c1nn(C)c(N)c1-c1ccc(OC(F)F)cc1. The zero-order valence-corrected chi connectivity index (χ0v) is 12.3. The molecule has 1 aromatic carbocycles. The summed E-state index contributed by atoms with van der Waals surface area (Å²) in [6.45, 7) is 1.34. The van der Waals surface area contributed by atoms with Gasteiger partial charge in [0.15, 0.2) is 0 Å². The molecule has 0 radical (unpaired) electrons. The Hall–Kier alpha value is -2.11. The van der Waals surface area contributed by atoms with E-state index >= 15 is 0 Å². The van der Waals surface area contributed by atoms with E-state index in [-0.39, 0.29) is 11.7 Å². The topological polar surface area (TPSA) is 53.1 Å². The average molecular weight is 295 g/mol. The van der Waals surface area contributed by atoms with Crippen LogP contribution >= 0.6 is 0 Å². The van der Waals surface area contributed by atoms with Crippen molar-refractivity contribution in [2.75, 3.05) is 5.73 Å². The first kappa shape index (κ1) is 15.3. The molecular formula is C15H19F2N3O. The maximum atomic E-state index is 12.2. The minimum atomic E-state index is -2.82. The molecule has 2 N–H and O–H groups in total. The molecule has 0 saturated heterocycles. The maximum absolute atomic E-state index is 12.2. The third-order valence-electron chi connectivity index (χ3n) is 3.57. The zero-order chi connectivity index (χ0) is 15.6. The Morgan fingerprint density at radius 3 is 2.43 bits per heavy atom. The van der Waals surface area contributed by atoms with Crippen LogP contribution in [-0.4, -0.2) is 16.4 Å². The Morgan fingerprint density at radius 1 is 1.29 bits per heavy atom. The van der Waals surface area contributed by atoms with Gasteiger partial charge in [0, 0.05) is 18.5 Å². The van der Waals surface area contributed by atoms with Gasteiger partial charge in [-0.3, -0.25) is 4.68 Å². The number of alkyl halides is 2. The Kier molecular flexibility index (Phi) is 4.45. The molecule has 114 valence electrons. The minimum Gasteiger partial charge on any atom is -0.435 e. The number of nitrogens with two attached hydrogens (primary N) is 1. The van der Waals surface area contributed by atoms with Crippen molar-refractivity contribution in [1.82, 2.24) is 9.78 Å². The highest BCUT2D eigenvalue weighted by molar-refractivity contribution is 5.77. The quantitative estimate of drug-likeness (QED) is 0.913. The number of nitrogen functional groups attached to an aromatic ring is 1. The number of ether oxygens (including phenoxy) is 1. The Bertz CT molecular complexity index is 608. The number of halogens is 2. The van der Waals surface area contributed by atoms with Crippen LogP contribution in [0.15, 0.2) is 24.3 Å². The Labute approximate surface area is 122 Å². The summed E-state index contributed by atoms with van der Waals surface area (Å²) in [4.78, 5) is 0. The number of nitrogens with zero attached hydrogens (tertiary/aromatic N) is 2. The molecule has 6 heteroatoms. The Balaban J connectivity index is 2.41. The van der Waals surface area contributed by atoms with Crippen molar-refractivity contribution >= 4 is 5.82 Å². The van der Waals surface area contributed by atoms with Crippen LogP contribution < -0.4 is 10.5 Å². The summed E-state index contributed by atoms with van der Waals surface area (Å²) >= 11 is 0. The summed E-state index contributed by atoms with van der Waals surface area (Å²) in [5, 5.41) is 4.47. The predicted molar refractivity (Wildman–Crippen MR) is 78.4 cm³/mol. The van der Waals surface area contributed by atoms with Gasteiger partial charge in [0.05, 0.1) is 5.69 Å². The van der Waals surface area contributed by atoms with Gasteiger partial charge < -0.3 is 10.5 Å². The van der Waals surface area contributed by atoms with Crippen LogP contribution in [-0.2, 0) is 7.05 Å². The van der Waals surface area contributed by atoms with Crippen molar-refractivity contribution in [2.24, 2.45) is 7.05 Å². The lowest BCUT2D eigenvalue weighted by Crippen LogP contribution is -2.01. The first-order valence-electron chi connectivity index (χ1n) is 6.81. The highest BCUT2D eigenvalue weighted by Crippen LogP contribution is 2.35. The van der Waals surface area contributed by atoms with Crippen LogP contribution in [0, 0.1) is 0 Å². The zero-order valence-electron chi connectivity index (χ0n) is 12.3. The van der Waals surface area contributed by atoms with Crippen molar-refractivity contribution in [3.63, 3.8) is 0 Å². The molecule has 0 spiro atoms. The third kappa shape index (κ3) is 3.15. The van der Waals surface area contributed by atoms with Crippen LogP contribution in [0.2, 0.25) is 0 Å². The van der Waals surface area contributed by atoms with E-state index in [2.05, 4.69) is 23.7 Å². The lowest BCUT2D eigenvalue weighted by molar-refractivity contribution is -0.0498.